The number of hydrogen-bond acceptors (Lipinski definition) is 4. The SMILES string of the molecule is CCC1(CC)C(=O)Nc2ncc(/C=C/C(=O)N(C)Cc3oc4ccccc4c3C)cc21. The Labute approximate surface area is 182 Å². The molecule has 1 aliphatic rings. The van der Waals surface area contributed by atoms with E-state index in [9.17, 15) is 9.59 Å². The summed E-state index contributed by atoms with van der Waals surface area (Å²) >= 11 is 0. The lowest BCUT2D eigenvalue weighted by atomic mass is 9.77. The Balaban J connectivity index is 1.51. The van der Waals surface area contributed by atoms with Crippen LogP contribution in [0.1, 0.15) is 49.1 Å². The van der Waals surface area contributed by atoms with E-state index in [0.717, 1.165) is 33.4 Å². The van der Waals surface area contributed by atoms with Crippen molar-refractivity contribution in [3.63, 3.8) is 0 Å². The van der Waals surface area contributed by atoms with Gasteiger partial charge in [-0.3, -0.25) is 9.59 Å². The van der Waals surface area contributed by atoms with Gasteiger partial charge in [-0.1, -0.05) is 32.0 Å². The first-order chi connectivity index (χ1) is 14.9. The van der Waals surface area contributed by atoms with Gasteiger partial charge in [0.25, 0.3) is 0 Å². The van der Waals surface area contributed by atoms with Crippen LogP contribution in [0.2, 0.25) is 0 Å². The lowest BCUT2D eigenvalue weighted by Crippen LogP contribution is -2.32. The highest BCUT2D eigenvalue weighted by Gasteiger charge is 2.44. The minimum Gasteiger partial charge on any atom is -0.459 e. The van der Waals surface area contributed by atoms with Gasteiger partial charge in [-0.25, -0.2) is 4.98 Å². The van der Waals surface area contributed by atoms with Crippen LogP contribution in [0, 0.1) is 6.92 Å². The summed E-state index contributed by atoms with van der Waals surface area (Å²) in [5.41, 5.74) is 3.03. The minimum absolute atomic E-state index is 0.00172. The van der Waals surface area contributed by atoms with E-state index in [1.807, 2.05) is 51.1 Å². The van der Waals surface area contributed by atoms with Crippen molar-refractivity contribution in [3.05, 3.63) is 65.1 Å². The predicted octanol–water partition coefficient (Wildman–Crippen LogP) is 4.82. The normalized spacial score (nSPS) is 14.8. The van der Waals surface area contributed by atoms with Crippen LogP contribution < -0.4 is 5.32 Å². The highest BCUT2D eigenvalue weighted by molar-refractivity contribution is 6.05. The highest BCUT2D eigenvalue weighted by atomic mass is 16.3. The smallest absolute Gasteiger partial charge is 0.246 e. The van der Waals surface area contributed by atoms with Gasteiger partial charge in [0.2, 0.25) is 11.8 Å². The average Bonchev–Trinajstić information content (AvgIpc) is 3.25. The van der Waals surface area contributed by atoms with Gasteiger partial charge in [-0.05, 0) is 43.5 Å². The van der Waals surface area contributed by atoms with E-state index in [1.165, 1.54) is 6.08 Å². The zero-order valence-electron chi connectivity index (χ0n) is 18.4. The topological polar surface area (TPSA) is 75.4 Å². The van der Waals surface area contributed by atoms with E-state index >= 15 is 0 Å². The molecule has 3 heterocycles. The Hall–Kier alpha value is -3.41. The third kappa shape index (κ3) is 3.52. The molecule has 0 fully saturated rings. The molecule has 0 saturated carbocycles. The molecule has 160 valence electrons. The number of aryl methyl sites for hydroxylation is 1. The molecule has 0 atom stereocenters. The van der Waals surface area contributed by atoms with Crippen LogP contribution in [0.25, 0.3) is 17.0 Å². The van der Waals surface area contributed by atoms with Crippen molar-refractivity contribution in [1.82, 2.24) is 9.88 Å². The van der Waals surface area contributed by atoms with Crippen molar-refractivity contribution in [2.75, 3.05) is 12.4 Å². The number of nitrogens with one attached hydrogen (secondary N) is 1. The Morgan fingerprint density at radius 1 is 1.26 bits per heavy atom. The standard InChI is InChI=1S/C25H27N3O3/c1-5-25(6-2)19-13-17(14-26-23(19)27-24(25)30)11-12-22(29)28(4)15-21-16(3)18-9-7-8-10-20(18)31-21/h7-14H,5-6,15H2,1-4H3,(H,26,27,30)/b12-11+. The zero-order valence-corrected chi connectivity index (χ0v) is 18.4. The zero-order chi connectivity index (χ0) is 22.2. The average molecular weight is 418 g/mol. The fourth-order valence-electron chi connectivity index (χ4n) is 4.30. The quantitative estimate of drug-likeness (QED) is 0.584. The van der Waals surface area contributed by atoms with Crippen molar-refractivity contribution in [2.24, 2.45) is 0 Å². The number of pyridine rings is 1. The van der Waals surface area contributed by atoms with E-state index in [1.54, 1.807) is 24.2 Å². The molecule has 1 N–H and O–H groups in total. The third-order valence-corrected chi connectivity index (χ3v) is 6.42. The fraction of sp³-hybridized carbons (Fsp3) is 0.320. The van der Waals surface area contributed by atoms with Crippen LogP contribution in [0.4, 0.5) is 5.82 Å². The van der Waals surface area contributed by atoms with Crippen molar-refractivity contribution in [2.45, 2.75) is 45.6 Å². The number of benzene rings is 1. The molecule has 1 aromatic carbocycles. The van der Waals surface area contributed by atoms with Crippen LogP contribution in [0.3, 0.4) is 0 Å². The van der Waals surface area contributed by atoms with Crippen molar-refractivity contribution < 1.29 is 14.0 Å². The number of likely N-dealkylation sites (N-methyl/N-ethyl adjacent to an activating group) is 1. The molecule has 0 unspecified atom stereocenters. The maximum atomic E-state index is 12.7. The maximum absolute atomic E-state index is 12.7. The summed E-state index contributed by atoms with van der Waals surface area (Å²) in [6.07, 6.45) is 6.36. The number of aromatic nitrogens is 1. The minimum atomic E-state index is -0.550. The lowest BCUT2D eigenvalue weighted by molar-refractivity contribution is -0.125. The molecule has 0 saturated heterocycles. The Kier molecular flexibility index (Phi) is 5.39. The van der Waals surface area contributed by atoms with Gasteiger partial charge < -0.3 is 14.6 Å². The summed E-state index contributed by atoms with van der Waals surface area (Å²) in [7, 11) is 1.75. The number of anilines is 1. The number of carbonyl (C=O) groups excluding carboxylic acids is 2. The van der Waals surface area contributed by atoms with Gasteiger partial charge in [0, 0.05) is 35.8 Å². The monoisotopic (exact) mass is 417 g/mol. The molecule has 0 aliphatic carbocycles. The number of carbonyl (C=O) groups is 2. The van der Waals surface area contributed by atoms with Gasteiger partial charge in [0.1, 0.15) is 17.2 Å². The number of para-hydroxylation sites is 1. The number of nitrogens with zero attached hydrogens (tertiary/aromatic N) is 2. The second-order valence-electron chi connectivity index (χ2n) is 8.08. The molecule has 3 aromatic rings. The summed E-state index contributed by atoms with van der Waals surface area (Å²) in [6.45, 7) is 6.42. The Morgan fingerprint density at radius 3 is 2.71 bits per heavy atom. The van der Waals surface area contributed by atoms with E-state index in [2.05, 4.69) is 10.3 Å². The Morgan fingerprint density at radius 2 is 2.00 bits per heavy atom. The van der Waals surface area contributed by atoms with Gasteiger partial charge in [0.05, 0.1) is 12.0 Å². The highest BCUT2D eigenvalue weighted by Crippen LogP contribution is 2.42. The van der Waals surface area contributed by atoms with Crippen LogP contribution in [-0.2, 0) is 21.5 Å². The molecular formula is C25H27N3O3. The third-order valence-electron chi connectivity index (χ3n) is 6.42. The Bertz CT molecular complexity index is 1190. The summed E-state index contributed by atoms with van der Waals surface area (Å²) < 4.78 is 5.92. The van der Waals surface area contributed by atoms with Crippen LogP contribution >= 0.6 is 0 Å². The van der Waals surface area contributed by atoms with Gasteiger partial charge in [0.15, 0.2) is 0 Å². The molecule has 2 amide bonds. The first kappa shape index (κ1) is 20.8. The van der Waals surface area contributed by atoms with Gasteiger partial charge >= 0.3 is 0 Å². The molecule has 31 heavy (non-hydrogen) atoms. The van der Waals surface area contributed by atoms with Gasteiger partial charge in [-0.15, -0.1) is 0 Å². The molecule has 1 aliphatic heterocycles. The summed E-state index contributed by atoms with van der Waals surface area (Å²) in [4.78, 5) is 31.2. The second-order valence-corrected chi connectivity index (χ2v) is 8.08. The van der Waals surface area contributed by atoms with E-state index < -0.39 is 5.41 Å². The van der Waals surface area contributed by atoms with Crippen molar-refractivity contribution in [3.8, 4) is 0 Å². The van der Waals surface area contributed by atoms with Crippen molar-refractivity contribution >= 4 is 34.7 Å². The van der Waals surface area contributed by atoms with Crippen LogP contribution in [0.5, 0.6) is 0 Å². The number of furan rings is 1. The van der Waals surface area contributed by atoms with Crippen LogP contribution in [0.15, 0.2) is 47.0 Å². The predicted molar refractivity (Wildman–Crippen MR) is 122 cm³/mol. The molecule has 2 aromatic heterocycles. The van der Waals surface area contributed by atoms with E-state index in [4.69, 9.17) is 4.42 Å². The lowest BCUT2D eigenvalue weighted by Gasteiger charge is -2.23. The largest absolute Gasteiger partial charge is 0.459 e. The molecule has 0 spiro atoms. The number of fused-ring (bicyclic) bond motifs is 2. The molecule has 0 radical (unpaired) electrons. The fourth-order valence-corrected chi connectivity index (χ4v) is 4.30. The van der Waals surface area contributed by atoms with E-state index in [-0.39, 0.29) is 11.8 Å². The first-order valence-electron chi connectivity index (χ1n) is 10.6. The molecule has 6 heteroatoms. The second kappa shape index (κ2) is 8.02. The summed E-state index contributed by atoms with van der Waals surface area (Å²) in [6, 6.07) is 9.82. The summed E-state index contributed by atoms with van der Waals surface area (Å²) in [5.74, 6) is 1.27. The number of rotatable bonds is 6. The molecule has 4 rings (SSSR count). The van der Waals surface area contributed by atoms with Crippen molar-refractivity contribution in [1.29, 1.82) is 0 Å². The van der Waals surface area contributed by atoms with Gasteiger partial charge in [-0.2, -0.15) is 0 Å². The first-order valence-corrected chi connectivity index (χ1v) is 10.6. The molecular weight excluding hydrogens is 390 g/mol. The maximum Gasteiger partial charge on any atom is 0.246 e. The van der Waals surface area contributed by atoms with Crippen LogP contribution in [-0.4, -0.2) is 28.7 Å². The summed E-state index contributed by atoms with van der Waals surface area (Å²) in [5, 5.41) is 3.95. The number of hydrogen-bond donors (Lipinski definition) is 1. The van der Waals surface area contributed by atoms with E-state index in [0.29, 0.717) is 25.2 Å². The number of amides is 2. The molecule has 0 bridgehead atoms. The molecule has 6 nitrogen and oxygen atoms in total.